The Morgan fingerprint density at radius 3 is 2.50 bits per heavy atom. The predicted octanol–water partition coefficient (Wildman–Crippen LogP) is 2.72. The van der Waals surface area contributed by atoms with E-state index in [0.717, 1.165) is 0 Å². The zero-order chi connectivity index (χ0) is 17.3. The van der Waals surface area contributed by atoms with Crippen LogP contribution in [0.5, 0.6) is 5.75 Å². The molecule has 2 amide bonds. The van der Waals surface area contributed by atoms with Crippen LogP contribution < -0.4 is 15.0 Å². The number of hydrogen-bond acceptors (Lipinski definition) is 5. The summed E-state index contributed by atoms with van der Waals surface area (Å²) in [5, 5.41) is 2.55. The molecule has 0 spiro atoms. The molecule has 0 radical (unpaired) electrons. The molecule has 8 heteroatoms. The van der Waals surface area contributed by atoms with Gasteiger partial charge in [0.25, 0.3) is 11.8 Å². The first-order chi connectivity index (χ1) is 11.5. The van der Waals surface area contributed by atoms with Crippen molar-refractivity contribution in [1.82, 2.24) is 5.32 Å². The van der Waals surface area contributed by atoms with Crippen molar-refractivity contribution < 1.29 is 18.7 Å². The molecule has 1 N–H and O–H groups in total. The number of benzene rings is 1. The van der Waals surface area contributed by atoms with Crippen LogP contribution in [0.25, 0.3) is 6.08 Å². The highest BCUT2D eigenvalue weighted by Crippen LogP contribution is 2.24. The Hall–Kier alpha value is -2.20. The number of ether oxygens (including phenoxy) is 1. The van der Waals surface area contributed by atoms with Gasteiger partial charge in [-0.15, -0.1) is 0 Å². The number of amides is 2. The van der Waals surface area contributed by atoms with Crippen LogP contribution in [0.1, 0.15) is 5.76 Å². The molecule has 1 aliphatic rings. The molecule has 0 unspecified atom stereocenters. The van der Waals surface area contributed by atoms with Gasteiger partial charge in [0.2, 0.25) is 0 Å². The van der Waals surface area contributed by atoms with Crippen LogP contribution in [-0.2, 0) is 9.59 Å². The van der Waals surface area contributed by atoms with E-state index in [2.05, 4.69) is 5.32 Å². The number of anilines is 1. The largest absolute Gasteiger partial charge is 0.497 e. The number of hydrogen-bond donors (Lipinski definition) is 1. The molecule has 1 fully saturated rings. The van der Waals surface area contributed by atoms with Gasteiger partial charge in [-0.3, -0.25) is 19.8 Å². The van der Waals surface area contributed by atoms with Gasteiger partial charge in [-0.05, 0) is 77.3 Å². The van der Waals surface area contributed by atoms with E-state index in [1.54, 1.807) is 43.5 Å². The second-order valence-electron chi connectivity index (χ2n) is 4.80. The fourth-order valence-corrected chi connectivity index (χ4v) is 2.89. The molecular weight excluding hydrogens is 443 g/mol. The SMILES string of the molecule is COc1ccc(N2C(=O)/C(=C/c3ccc(I)o3)C(=O)NC2=S)cc1. The molecule has 2 aromatic rings. The smallest absolute Gasteiger partial charge is 0.270 e. The first-order valence-electron chi connectivity index (χ1n) is 6.80. The lowest BCUT2D eigenvalue weighted by Gasteiger charge is -2.28. The lowest BCUT2D eigenvalue weighted by molar-refractivity contribution is -0.122. The minimum atomic E-state index is -0.554. The van der Waals surface area contributed by atoms with Crippen LogP contribution in [0.4, 0.5) is 5.69 Å². The number of nitrogens with one attached hydrogen (secondary N) is 1. The summed E-state index contributed by atoms with van der Waals surface area (Å²) >= 11 is 7.14. The number of carbonyl (C=O) groups excluding carboxylic acids is 2. The maximum Gasteiger partial charge on any atom is 0.270 e. The topological polar surface area (TPSA) is 71.8 Å². The molecule has 1 saturated heterocycles. The van der Waals surface area contributed by atoms with Gasteiger partial charge in [-0.1, -0.05) is 0 Å². The van der Waals surface area contributed by atoms with E-state index in [9.17, 15) is 9.59 Å². The minimum Gasteiger partial charge on any atom is -0.497 e. The summed E-state index contributed by atoms with van der Waals surface area (Å²) < 4.78 is 11.1. The number of thiocarbonyl (C=S) groups is 1. The van der Waals surface area contributed by atoms with Crippen LogP contribution in [0.15, 0.2) is 46.4 Å². The molecule has 1 aromatic heterocycles. The third-order valence-electron chi connectivity index (χ3n) is 3.31. The van der Waals surface area contributed by atoms with Gasteiger partial charge in [-0.2, -0.15) is 0 Å². The fraction of sp³-hybridized carbons (Fsp3) is 0.0625. The second kappa shape index (κ2) is 6.73. The fourth-order valence-electron chi connectivity index (χ4n) is 2.17. The van der Waals surface area contributed by atoms with E-state index in [1.165, 1.54) is 11.0 Å². The van der Waals surface area contributed by atoms with Gasteiger partial charge in [0.1, 0.15) is 17.1 Å². The van der Waals surface area contributed by atoms with Gasteiger partial charge in [0.15, 0.2) is 8.88 Å². The summed E-state index contributed by atoms with van der Waals surface area (Å²) in [7, 11) is 1.55. The Bertz CT molecular complexity index is 857. The molecule has 6 nitrogen and oxygen atoms in total. The first kappa shape index (κ1) is 16.7. The van der Waals surface area contributed by atoms with Crippen LogP contribution in [0, 0.1) is 3.77 Å². The highest BCUT2D eigenvalue weighted by molar-refractivity contribution is 14.1. The summed E-state index contributed by atoms with van der Waals surface area (Å²) in [5.41, 5.74) is 0.482. The van der Waals surface area contributed by atoms with Crippen molar-refractivity contribution in [3.05, 3.63) is 51.5 Å². The number of rotatable bonds is 3. The van der Waals surface area contributed by atoms with Crippen molar-refractivity contribution in [2.45, 2.75) is 0 Å². The molecule has 0 bridgehead atoms. The van der Waals surface area contributed by atoms with Gasteiger partial charge in [0.05, 0.1) is 12.8 Å². The Labute approximate surface area is 156 Å². The third-order valence-corrected chi connectivity index (χ3v) is 4.18. The molecule has 122 valence electrons. The van der Waals surface area contributed by atoms with Crippen molar-refractivity contribution in [3.63, 3.8) is 0 Å². The third kappa shape index (κ3) is 3.20. The van der Waals surface area contributed by atoms with Crippen molar-refractivity contribution >= 4 is 63.5 Å². The van der Waals surface area contributed by atoms with E-state index >= 15 is 0 Å². The van der Waals surface area contributed by atoms with E-state index in [-0.39, 0.29) is 10.7 Å². The number of carbonyl (C=O) groups is 2. The summed E-state index contributed by atoms with van der Waals surface area (Å²) in [5.74, 6) is 0.000910. The zero-order valence-electron chi connectivity index (χ0n) is 12.4. The minimum absolute atomic E-state index is 0.0290. The normalized spacial score (nSPS) is 16.5. The Balaban J connectivity index is 1.97. The summed E-state index contributed by atoms with van der Waals surface area (Å²) in [4.78, 5) is 26.1. The van der Waals surface area contributed by atoms with E-state index in [4.69, 9.17) is 21.4 Å². The van der Waals surface area contributed by atoms with E-state index < -0.39 is 11.8 Å². The van der Waals surface area contributed by atoms with Crippen molar-refractivity contribution in [2.75, 3.05) is 12.0 Å². The molecule has 0 aliphatic carbocycles. The quantitative estimate of drug-likeness (QED) is 0.334. The molecule has 1 aromatic carbocycles. The van der Waals surface area contributed by atoms with Gasteiger partial charge in [-0.25, -0.2) is 0 Å². The van der Waals surface area contributed by atoms with Crippen LogP contribution in [0.3, 0.4) is 0 Å². The summed E-state index contributed by atoms with van der Waals surface area (Å²) in [6.45, 7) is 0. The molecule has 2 heterocycles. The maximum atomic E-state index is 12.7. The summed E-state index contributed by atoms with van der Waals surface area (Å²) in [6, 6.07) is 10.2. The highest BCUT2D eigenvalue weighted by Gasteiger charge is 2.34. The number of methoxy groups -OCH3 is 1. The zero-order valence-corrected chi connectivity index (χ0v) is 15.4. The maximum absolute atomic E-state index is 12.7. The molecule has 24 heavy (non-hydrogen) atoms. The molecule has 3 rings (SSSR count). The first-order valence-corrected chi connectivity index (χ1v) is 8.29. The average molecular weight is 454 g/mol. The highest BCUT2D eigenvalue weighted by atomic mass is 127. The standard InChI is InChI=1S/C16H11IN2O4S/c1-22-10-4-2-9(3-5-10)19-15(21)12(14(20)18-16(19)24)8-11-6-7-13(17)23-11/h2-8H,1H3,(H,18,20,24)/b12-8+. The van der Waals surface area contributed by atoms with E-state index in [0.29, 0.717) is 21.0 Å². The number of halogens is 1. The lowest BCUT2D eigenvalue weighted by Crippen LogP contribution is -2.54. The van der Waals surface area contributed by atoms with Crippen LogP contribution >= 0.6 is 34.8 Å². The second-order valence-corrected chi connectivity index (χ2v) is 6.25. The molecule has 1 aliphatic heterocycles. The molecule has 0 saturated carbocycles. The molecule has 0 atom stereocenters. The van der Waals surface area contributed by atoms with Gasteiger partial charge >= 0.3 is 0 Å². The van der Waals surface area contributed by atoms with Crippen molar-refractivity contribution in [1.29, 1.82) is 0 Å². The van der Waals surface area contributed by atoms with Gasteiger partial charge in [0, 0.05) is 0 Å². The van der Waals surface area contributed by atoms with Crippen LogP contribution in [0.2, 0.25) is 0 Å². The Morgan fingerprint density at radius 2 is 1.92 bits per heavy atom. The Morgan fingerprint density at radius 1 is 1.21 bits per heavy atom. The molecular formula is C16H11IN2O4S. The van der Waals surface area contributed by atoms with Crippen LogP contribution in [-0.4, -0.2) is 24.0 Å². The van der Waals surface area contributed by atoms with Gasteiger partial charge < -0.3 is 9.15 Å². The summed E-state index contributed by atoms with van der Waals surface area (Å²) in [6.07, 6.45) is 1.40. The average Bonchev–Trinajstić information content (AvgIpc) is 2.97. The number of furan rings is 1. The predicted molar refractivity (Wildman–Crippen MR) is 101 cm³/mol. The van der Waals surface area contributed by atoms with Crippen molar-refractivity contribution in [3.8, 4) is 5.75 Å². The van der Waals surface area contributed by atoms with E-state index in [1.807, 2.05) is 22.6 Å². The monoisotopic (exact) mass is 454 g/mol. The van der Waals surface area contributed by atoms with Crippen molar-refractivity contribution in [2.24, 2.45) is 0 Å². The lowest BCUT2D eigenvalue weighted by atomic mass is 10.1. The Kier molecular flexibility index (Phi) is 4.67. The number of nitrogens with zero attached hydrogens (tertiary/aromatic N) is 1.